The Morgan fingerprint density at radius 1 is 1.30 bits per heavy atom. The van der Waals surface area contributed by atoms with Crippen molar-refractivity contribution in [1.82, 2.24) is 5.32 Å². The molecule has 2 aliphatic heterocycles. The van der Waals surface area contributed by atoms with Crippen molar-refractivity contribution in [2.75, 3.05) is 6.54 Å². The van der Waals surface area contributed by atoms with Crippen LogP contribution < -0.4 is 10.1 Å². The maximum absolute atomic E-state index is 10.4. The molecule has 104 valence electrons. The fourth-order valence-electron chi connectivity index (χ4n) is 4.98. The number of aliphatic hydroxyl groups is 1. The predicted molar refractivity (Wildman–Crippen MR) is 72.9 cm³/mol. The zero-order valence-corrected chi connectivity index (χ0v) is 11.0. The number of benzene rings is 1. The smallest absolute Gasteiger partial charge is 0.165 e. The summed E-state index contributed by atoms with van der Waals surface area (Å²) in [5.41, 5.74) is 2.26. The molecule has 1 aromatic carbocycles. The van der Waals surface area contributed by atoms with Crippen LogP contribution in [0.15, 0.2) is 24.3 Å². The first kappa shape index (κ1) is 11.2. The molecule has 20 heavy (non-hydrogen) atoms. The van der Waals surface area contributed by atoms with Crippen LogP contribution in [0.1, 0.15) is 17.5 Å². The van der Waals surface area contributed by atoms with Gasteiger partial charge in [-0.15, -0.1) is 0 Å². The lowest BCUT2D eigenvalue weighted by molar-refractivity contribution is -0.0177. The van der Waals surface area contributed by atoms with Gasteiger partial charge >= 0.3 is 0 Å². The number of nitrogens with one attached hydrogen (secondary N) is 1. The average molecular weight is 271 g/mol. The third-order valence-corrected chi connectivity index (χ3v) is 5.68. The Morgan fingerprint density at radius 3 is 3.10 bits per heavy atom. The summed E-state index contributed by atoms with van der Waals surface area (Å²) >= 11 is 0. The Balaban J connectivity index is 1.86. The molecule has 1 aromatic rings. The molecule has 2 bridgehead atoms. The molecule has 5 atom stereocenters. The minimum Gasteiger partial charge on any atom is -0.504 e. The van der Waals surface area contributed by atoms with Gasteiger partial charge in [0.1, 0.15) is 12.2 Å². The number of aliphatic hydroxyl groups excluding tert-OH is 1. The second-order valence-corrected chi connectivity index (χ2v) is 6.44. The quantitative estimate of drug-likeness (QED) is 0.612. The summed E-state index contributed by atoms with van der Waals surface area (Å²) in [7, 11) is 0. The number of ether oxygens (including phenoxy) is 1. The second-order valence-electron chi connectivity index (χ2n) is 6.44. The van der Waals surface area contributed by atoms with E-state index >= 15 is 0 Å². The van der Waals surface area contributed by atoms with Crippen molar-refractivity contribution in [2.45, 2.75) is 36.5 Å². The molecule has 0 saturated carbocycles. The molecule has 1 fully saturated rings. The van der Waals surface area contributed by atoms with E-state index < -0.39 is 6.10 Å². The van der Waals surface area contributed by atoms with Crippen LogP contribution >= 0.6 is 0 Å². The molecule has 2 heterocycles. The van der Waals surface area contributed by atoms with Gasteiger partial charge in [0.2, 0.25) is 0 Å². The van der Waals surface area contributed by atoms with Crippen LogP contribution in [0.3, 0.4) is 0 Å². The topological polar surface area (TPSA) is 61.7 Å². The highest BCUT2D eigenvalue weighted by atomic mass is 16.5. The summed E-state index contributed by atoms with van der Waals surface area (Å²) in [6.45, 7) is 0.941. The van der Waals surface area contributed by atoms with Gasteiger partial charge in [0.05, 0.1) is 0 Å². The van der Waals surface area contributed by atoms with E-state index in [1.54, 1.807) is 6.07 Å². The van der Waals surface area contributed by atoms with Crippen LogP contribution in [0.2, 0.25) is 0 Å². The molecule has 4 nitrogen and oxygen atoms in total. The Labute approximate surface area is 117 Å². The lowest BCUT2D eigenvalue weighted by Gasteiger charge is -2.53. The summed E-state index contributed by atoms with van der Waals surface area (Å²) in [6, 6.07) is 4.14. The maximum atomic E-state index is 10.4. The van der Waals surface area contributed by atoms with E-state index in [2.05, 4.69) is 11.4 Å². The number of phenolic OH excluding ortho intramolecular Hbond substituents is 1. The largest absolute Gasteiger partial charge is 0.504 e. The van der Waals surface area contributed by atoms with Gasteiger partial charge in [-0.25, -0.2) is 0 Å². The van der Waals surface area contributed by atoms with E-state index in [1.165, 1.54) is 5.56 Å². The Morgan fingerprint density at radius 2 is 2.20 bits per heavy atom. The molecule has 1 spiro atoms. The van der Waals surface area contributed by atoms with Crippen molar-refractivity contribution >= 4 is 0 Å². The number of rotatable bonds is 0. The highest BCUT2D eigenvalue weighted by Gasteiger charge is 2.63. The van der Waals surface area contributed by atoms with Gasteiger partial charge in [-0.2, -0.15) is 0 Å². The van der Waals surface area contributed by atoms with E-state index in [4.69, 9.17) is 4.74 Å². The minimum absolute atomic E-state index is 0.161. The molecular formula is C16H17NO3. The highest BCUT2D eigenvalue weighted by Crippen LogP contribution is 2.61. The second kappa shape index (κ2) is 3.38. The van der Waals surface area contributed by atoms with Crippen molar-refractivity contribution in [3.8, 4) is 11.5 Å². The van der Waals surface area contributed by atoms with Gasteiger partial charge in [0, 0.05) is 22.9 Å². The molecule has 0 amide bonds. The summed E-state index contributed by atoms with van der Waals surface area (Å²) < 4.78 is 6.04. The zero-order valence-electron chi connectivity index (χ0n) is 11.0. The van der Waals surface area contributed by atoms with Gasteiger partial charge in [0.15, 0.2) is 11.5 Å². The van der Waals surface area contributed by atoms with Gasteiger partial charge in [-0.1, -0.05) is 18.2 Å². The first-order valence-electron chi connectivity index (χ1n) is 7.33. The SMILES string of the molecule is Oc1ccc2c3c1O[C@H]1[C@@H](O)C=CC4[C@@H](C2)NCC[C@@]341. The Bertz CT molecular complexity index is 641. The lowest BCUT2D eigenvalue weighted by Crippen LogP contribution is -2.64. The third-order valence-electron chi connectivity index (χ3n) is 5.68. The van der Waals surface area contributed by atoms with E-state index in [9.17, 15) is 10.2 Å². The fourth-order valence-corrected chi connectivity index (χ4v) is 4.98. The number of phenols is 1. The number of hydrogen-bond donors (Lipinski definition) is 3. The van der Waals surface area contributed by atoms with Crippen LogP contribution in [0.4, 0.5) is 0 Å². The molecule has 2 aliphatic carbocycles. The summed E-state index contributed by atoms with van der Waals surface area (Å²) in [5, 5.41) is 24.1. The van der Waals surface area contributed by atoms with Gasteiger partial charge in [0.25, 0.3) is 0 Å². The van der Waals surface area contributed by atoms with Crippen molar-refractivity contribution < 1.29 is 14.9 Å². The molecule has 3 N–H and O–H groups in total. The van der Waals surface area contributed by atoms with E-state index in [0.29, 0.717) is 17.7 Å². The first-order chi connectivity index (χ1) is 9.72. The summed E-state index contributed by atoms with van der Waals surface area (Å²) in [5.74, 6) is 1.16. The van der Waals surface area contributed by atoms with E-state index in [-0.39, 0.29) is 17.3 Å². The summed E-state index contributed by atoms with van der Waals surface area (Å²) in [4.78, 5) is 0. The molecule has 4 heteroatoms. The standard InChI is InChI=1S/C16H17NO3/c18-11-3-1-8-7-10-9-2-4-12(19)15-16(9,5-6-17-10)13(8)14(11)20-15/h1-4,9-10,12,15,17-19H,5-7H2/t9?,10-,12+,15+,16+/m1/s1. The number of hydrogen-bond acceptors (Lipinski definition) is 4. The maximum Gasteiger partial charge on any atom is 0.165 e. The molecule has 4 aliphatic rings. The molecule has 1 unspecified atom stereocenters. The highest BCUT2D eigenvalue weighted by molar-refractivity contribution is 5.61. The van der Waals surface area contributed by atoms with Gasteiger partial charge in [-0.3, -0.25) is 0 Å². The van der Waals surface area contributed by atoms with Crippen molar-refractivity contribution in [2.24, 2.45) is 5.92 Å². The van der Waals surface area contributed by atoms with Crippen molar-refractivity contribution in [1.29, 1.82) is 0 Å². The monoisotopic (exact) mass is 271 g/mol. The van der Waals surface area contributed by atoms with Crippen molar-refractivity contribution in [3.05, 3.63) is 35.4 Å². The summed E-state index contributed by atoms with van der Waals surface area (Å²) in [6.07, 6.45) is 5.08. The fraction of sp³-hybridized carbons (Fsp3) is 0.500. The zero-order chi connectivity index (χ0) is 13.5. The van der Waals surface area contributed by atoms with Crippen LogP contribution in [-0.2, 0) is 11.8 Å². The van der Waals surface area contributed by atoms with E-state index in [0.717, 1.165) is 24.9 Å². The number of aromatic hydroxyl groups is 1. The number of piperidine rings is 1. The molecule has 0 aromatic heterocycles. The predicted octanol–water partition coefficient (Wildman–Crippen LogP) is 0.856. The van der Waals surface area contributed by atoms with Crippen LogP contribution in [0.25, 0.3) is 0 Å². The van der Waals surface area contributed by atoms with E-state index in [1.807, 2.05) is 12.1 Å². The van der Waals surface area contributed by atoms with Crippen molar-refractivity contribution in [3.63, 3.8) is 0 Å². The Kier molecular flexibility index (Phi) is 1.89. The van der Waals surface area contributed by atoms with Crippen LogP contribution in [-0.4, -0.2) is 35.0 Å². The molecule has 1 saturated heterocycles. The average Bonchev–Trinajstić information content (AvgIpc) is 2.78. The lowest BCUT2D eigenvalue weighted by atomic mass is 9.54. The normalized spacial score (nSPS) is 43.0. The third kappa shape index (κ3) is 1.04. The van der Waals surface area contributed by atoms with Crippen LogP contribution in [0.5, 0.6) is 11.5 Å². The van der Waals surface area contributed by atoms with Gasteiger partial charge < -0.3 is 20.3 Å². The molecular weight excluding hydrogens is 254 g/mol. The Hall–Kier alpha value is -1.52. The minimum atomic E-state index is -0.595. The van der Waals surface area contributed by atoms with Crippen LogP contribution in [0, 0.1) is 5.92 Å². The molecule has 0 radical (unpaired) electrons. The molecule has 5 rings (SSSR count). The van der Waals surface area contributed by atoms with Gasteiger partial charge in [-0.05, 0) is 31.0 Å². The first-order valence-corrected chi connectivity index (χ1v) is 7.33.